The lowest BCUT2D eigenvalue weighted by molar-refractivity contribution is 0.0548. The third-order valence-electron chi connectivity index (χ3n) is 8.19. The molecule has 1 aliphatic rings. The van der Waals surface area contributed by atoms with Gasteiger partial charge in [-0.2, -0.15) is 0 Å². The zero-order valence-electron chi connectivity index (χ0n) is 23.0. The van der Waals surface area contributed by atoms with E-state index in [9.17, 15) is 24.2 Å². The minimum absolute atomic E-state index is 0.0401. The van der Waals surface area contributed by atoms with Crippen LogP contribution in [0.2, 0.25) is 0 Å². The molecule has 212 valence electrons. The van der Waals surface area contributed by atoms with Crippen molar-refractivity contribution in [1.82, 2.24) is 14.9 Å². The minimum atomic E-state index is -0.739. The topological polar surface area (TPSA) is 107 Å². The SMILES string of the molecule is Cc1c(F)cccc1C1C(C(=O)c2cccc(O)c2)CN(Cc2nc3ccccc3[nH]2)CC1C(=O)c1cccc(O)c1. The number of fused-ring (bicyclic) bond motifs is 1. The minimum Gasteiger partial charge on any atom is -0.508 e. The maximum atomic E-state index is 14.9. The van der Waals surface area contributed by atoms with Crippen LogP contribution in [0.4, 0.5) is 4.39 Å². The van der Waals surface area contributed by atoms with Gasteiger partial charge in [0.1, 0.15) is 23.1 Å². The molecule has 42 heavy (non-hydrogen) atoms. The van der Waals surface area contributed by atoms with Gasteiger partial charge in [0.15, 0.2) is 11.6 Å². The van der Waals surface area contributed by atoms with Gasteiger partial charge in [0.2, 0.25) is 0 Å². The number of rotatable bonds is 7. The number of nitrogens with zero attached hydrogens (tertiary/aromatic N) is 2. The second-order valence-electron chi connectivity index (χ2n) is 10.9. The summed E-state index contributed by atoms with van der Waals surface area (Å²) in [6, 6.07) is 24.8. The Labute approximate surface area is 242 Å². The van der Waals surface area contributed by atoms with E-state index in [-0.39, 0.29) is 36.2 Å². The number of aromatic amines is 1. The number of carbonyl (C=O) groups is 2. The molecule has 2 atom stereocenters. The first kappa shape index (κ1) is 27.4. The molecule has 8 heteroatoms. The van der Waals surface area contributed by atoms with Crippen molar-refractivity contribution in [3.8, 4) is 11.5 Å². The fourth-order valence-electron chi connectivity index (χ4n) is 6.22. The van der Waals surface area contributed by atoms with Crippen LogP contribution in [0.5, 0.6) is 11.5 Å². The number of phenolic OH excluding ortho intramolecular Hbond substituents is 2. The van der Waals surface area contributed by atoms with E-state index in [2.05, 4.69) is 4.98 Å². The van der Waals surface area contributed by atoms with E-state index < -0.39 is 23.6 Å². The number of aromatic hydroxyl groups is 2. The average Bonchev–Trinajstić information content (AvgIpc) is 3.40. The molecule has 0 bridgehead atoms. The number of piperidine rings is 1. The molecule has 2 heterocycles. The second kappa shape index (κ2) is 11.2. The molecule has 0 amide bonds. The van der Waals surface area contributed by atoms with Gasteiger partial charge in [-0.3, -0.25) is 14.5 Å². The van der Waals surface area contributed by atoms with Crippen molar-refractivity contribution in [1.29, 1.82) is 0 Å². The molecule has 0 aliphatic carbocycles. The van der Waals surface area contributed by atoms with Crippen LogP contribution in [0.15, 0.2) is 91.0 Å². The number of carbonyl (C=O) groups excluding carboxylic acids is 2. The zero-order valence-corrected chi connectivity index (χ0v) is 23.0. The lowest BCUT2D eigenvalue weighted by Gasteiger charge is -2.43. The third-order valence-corrected chi connectivity index (χ3v) is 8.19. The lowest BCUT2D eigenvalue weighted by atomic mass is 9.67. The normalized spacial score (nSPS) is 19.1. The van der Waals surface area contributed by atoms with E-state index >= 15 is 0 Å². The van der Waals surface area contributed by atoms with Crippen LogP contribution < -0.4 is 0 Å². The van der Waals surface area contributed by atoms with Gasteiger partial charge in [0.05, 0.1) is 17.6 Å². The average molecular weight is 564 g/mol. The van der Waals surface area contributed by atoms with Crippen LogP contribution in [-0.2, 0) is 6.54 Å². The molecule has 3 N–H and O–H groups in total. The standard InChI is InChI=1S/C34H30FN3O4/c1-20-25(11-6-12-28(20)35)32-26(33(41)21-7-4-9-23(39)15-21)17-38(19-31-36-29-13-2-3-14-30(29)37-31)18-27(32)34(42)22-8-5-10-24(40)16-22/h2-16,26-27,32,39-40H,17-19H2,1H3,(H,36,37). The molecule has 1 saturated heterocycles. The molecular formula is C34H30FN3O4. The fraction of sp³-hybridized carbons (Fsp3) is 0.206. The monoisotopic (exact) mass is 563 g/mol. The van der Waals surface area contributed by atoms with E-state index in [4.69, 9.17) is 4.98 Å². The highest BCUT2D eigenvalue weighted by molar-refractivity contribution is 6.02. The first-order chi connectivity index (χ1) is 20.3. The summed E-state index contributed by atoms with van der Waals surface area (Å²) in [4.78, 5) is 38.5. The van der Waals surface area contributed by atoms with Crippen LogP contribution in [0.25, 0.3) is 11.0 Å². The summed E-state index contributed by atoms with van der Waals surface area (Å²) in [6.07, 6.45) is 0. The first-order valence-electron chi connectivity index (χ1n) is 13.9. The number of hydrogen-bond donors (Lipinski definition) is 3. The van der Waals surface area contributed by atoms with E-state index in [0.717, 1.165) is 11.0 Å². The van der Waals surface area contributed by atoms with E-state index in [1.807, 2.05) is 29.2 Å². The van der Waals surface area contributed by atoms with Gasteiger partial charge >= 0.3 is 0 Å². The van der Waals surface area contributed by atoms with E-state index in [0.29, 0.717) is 34.6 Å². The summed E-state index contributed by atoms with van der Waals surface area (Å²) in [5.74, 6) is -2.42. The van der Waals surface area contributed by atoms with Gasteiger partial charge in [0, 0.05) is 42.0 Å². The lowest BCUT2D eigenvalue weighted by Crippen LogP contribution is -2.50. The van der Waals surface area contributed by atoms with Crippen molar-refractivity contribution in [2.45, 2.75) is 19.4 Å². The van der Waals surface area contributed by atoms with Gasteiger partial charge in [-0.25, -0.2) is 9.37 Å². The number of nitrogens with one attached hydrogen (secondary N) is 1. The zero-order chi connectivity index (χ0) is 29.4. The molecule has 7 nitrogen and oxygen atoms in total. The molecule has 0 saturated carbocycles. The Morgan fingerprint density at radius 2 is 1.45 bits per heavy atom. The first-order valence-corrected chi connectivity index (χ1v) is 13.9. The molecule has 1 aliphatic heterocycles. The number of ketones is 2. The highest BCUT2D eigenvalue weighted by atomic mass is 19.1. The molecule has 0 spiro atoms. The van der Waals surface area contributed by atoms with Crippen molar-refractivity contribution < 1.29 is 24.2 Å². The number of para-hydroxylation sites is 2. The molecule has 1 fully saturated rings. The van der Waals surface area contributed by atoms with Crippen LogP contribution in [0.3, 0.4) is 0 Å². The summed E-state index contributed by atoms with van der Waals surface area (Å²) in [5.41, 5.74) is 3.31. The third kappa shape index (κ3) is 5.29. The summed E-state index contributed by atoms with van der Waals surface area (Å²) in [5, 5.41) is 20.3. The largest absolute Gasteiger partial charge is 0.508 e. The molecule has 5 aromatic rings. The number of Topliss-reactive ketones (excluding diaryl/α,β-unsaturated/α-hetero) is 2. The van der Waals surface area contributed by atoms with Gasteiger partial charge in [-0.1, -0.05) is 48.5 Å². The number of benzene rings is 4. The van der Waals surface area contributed by atoms with Gasteiger partial charge in [-0.15, -0.1) is 0 Å². The molecule has 2 unspecified atom stereocenters. The maximum absolute atomic E-state index is 14.9. The second-order valence-corrected chi connectivity index (χ2v) is 10.9. The Kier molecular flexibility index (Phi) is 7.31. The number of likely N-dealkylation sites (tertiary alicyclic amines) is 1. The van der Waals surface area contributed by atoms with Crippen LogP contribution in [0.1, 0.15) is 43.6 Å². The van der Waals surface area contributed by atoms with Gasteiger partial charge < -0.3 is 15.2 Å². The summed E-state index contributed by atoms with van der Waals surface area (Å²) in [6.45, 7) is 2.60. The Morgan fingerprint density at radius 3 is 2.05 bits per heavy atom. The molecule has 1 aromatic heterocycles. The van der Waals surface area contributed by atoms with Crippen molar-refractivity contribution in [2.75, 3.05) is 13.1 Å². The van der Waals surface area contributed by atoms with Gasteiger partial charge in [0.25, 0.3) is 0 Å². The number of aromatic nitrogens is 2. The maximum Gasteiger partial charge on any atom is 0.167 e. The summed E-state index contributed by atoms with van der Waals surface area (Å²) < 4.78 is 14.9. The molecule has 4 aromatic carbocycles. The van der Waals surface area contributed by atoms with Crippen molar-refractivity contribution in [2.24, 2.45) is 11.8 Å². The predicted octanol–water partition coefficient (Wildman–Crippen LogP) is 6.02. The van der Waals surface area contributed by atoms with Crippen molar-refractivity contribution in [3.05, 3.63) is 125 Å². The molecular weight excluding hydrogens is 533 g/mol. The summed E-state index contributed by atoms with van der Waals surface area (Å²) in [7, 11) is 0. The molecule has 6 rings (SSSR count). The predicted molar refractivity (Wildman–Crippen MR) is 157 cm³/mol. The van der Waals surface area contributed by atoms with Crippen molar-refractivity contribution >= 4 is 22.6 Å². The Morgan fingerprint density at radius 1 is 0.857 bits per heavy atom. The Bertz CT molecular complexity index is 1700. The van der Waals surface area contributed by atoms with E-state index in [1.165, 1.54) is 30.3 Å². The van der Waals surface area contributed by atoms with Crippen LogP contribution in [-0.4, -0.2) is 49.7 Å². The van der Waals surface area contributed by atoms with Crippen molar-refractivity contribution in [3.63, 3.8) is 0 Å². The van der Waals surface area contributed by atoms with Gasteiger partial charge in [-0.05, 0) is 60.5 Å². The van der Waals surface area contributed by atoms with Crippen LogP contribution in [0, 0.1) is 24.6 Å². The number of imidazole rings is 1. The highest BCUT2D eigenvalue weighted by Gasteiger charge is 2.45. The highest BCUT2D eigenvalue weighted by Crippen LogP contribution is 2.43. The number of halogens is 1. The number of H-pyrrole nitrogens is 1. The quantitative estimate of drug-likeness (QED) is 0.209. The fourth-order valence-corrected chi connectivity index (χ4v) is 6.22. The van der Waals surface area contributed by atoms with Crippen LogP contribution >= 0.6 is 0 Å². The Balaban J connectivity index is 1.47. The van der Waals surface area contributed by atoms with E-state index in [1.54, 1.807) is 43.3 Å². The smallest absolute Gasteiger partial charge is 0.167 e. The number of hydrogen-bond acceptors (Lipinski definition) is 6. The Hall–Kier alpha value is -4.82. The summed E-state index contributed by atoms with van der Waals surface area (Å²) >= 11 is 0. The molecule has 0 radical (unpaired) electrons. The number of phenols is 2.